The monoisotopic (exact) mass is 360 g/mol. The molecule has 2 aromatic rings. The molecule has 1 N–H and O–H groups in total. The van der Waals surface area contributed by atoms with Crippen molar-refractivity contribution in [3.63, 3.8) is 0 Å². The Bertz CT molecular complexity index is 697. The summed E-state index contributed by atoms with van der Waals surface area (Å²) >= 11 is 1.74. The summed E-state index contributed by atoms with van der Waals surface area (Å²) in [4.78, 5) is 16.5. The highest BCUT2D eigenvalue weighted by Gasteiger charge is 2.25. The number of likely N-dealkylation sites (tertiary alicyclic amines) is 1. The number of thiophene rings is 1. The fourth-order valence-corrected chi connectivity index (χ4v) is 4.16. The van der Waals surface area contributed by atoms with Crippen LogP contribution in [0.4, 0.5) is 0 Å². The van der Waals surface area contributed by atoms with Crippen molar-refractivity contribution in [2.24, 2.45) is 0 Å². The van der Waals surface area contributed by atoms with Crippen molar-refractivity contribution in [2.45, 2.75) is 18.9 Å². The molecule has 1 aliphatic rings. The lowest BCUT2D eigenvalue weighted by Crippen LogP contribution is -2.36. The molecule has 0 saturated carbocycles. The van der Waals surface area contributed by atoms with Crippen LogP contribution < -0.4 is 14.8 Å². The van der Waals surface area contributed by atoms with Crippen molar-refractivity contribution in [3.8, 4) is 11.5 Å². The minimum atomic E-state index is -0.142. The van der Waals surface area contributed by atoms with Gasteiger partial charge in [0.05, 0.1) is 25.8 Å². The van der Waals surface area contributed by atoms with Crippen molar-refractivity contribution in [2.75, 3.05) is 33.9 Å². The zero-order valence-corrected chi connectivity index (χ0v) is 15.5. The molecule has 134 valence electrons. The van der Waals surface area contributed by atoms with Gasteiger partial charge in [-0.25, -0.2) is 0 Å². The topological polar surface area (TPSA) is 50.8 Å². The molecule has 1 saturated heterocycles. The minimum Gasteiger partial charge on any atom is -0.493 e. The molecule has 1 aromatic carbocycles. The largest absolute Gasteiger partial charge is 0.493 e. The van der Waals surface area contributed by atoms with E-state index in [2.05, 4.69) is 27.7 Å². The first kappa shape index (κ1) is 17.8. The minimum absolute atomic E-state index is 0.142. The number of nitrogens with one attached hydrogen (secondary N) is 1. The average Bonchev–Trinajstić information content (AvgIpc) is 3.35. The van der Waals surface area contributed by atoms with Crippen LogP contribution in [0.5, 0.6) is 11.5 Å². The lowest BCUT2D eigenvalue weighted by atomic mass is 10.1. The number of carbonyl (C=O) groups is 1. The lowest BCUT2D eigenvalue weighted by molar-refractivity contribution is 0.0934. The second kappa shape index (κ2) is 8.36. The molecule has 0 spiro atoms. The van der Waals surface area contributed by atoms with Crippen LogP contribution in [0.1, 0.15) is 34.1 Å². The zero-order valence-electron chi connectivity index (χ0n) is 14.7. The maximum Gasteiger partial charge on any atom is 0.255 e. The molecule has 0 bridgehead atoms. The maximum atomic E-state index is 12.7. The quantitative estimate of drug-likeness (QED) is 0.823. The van der Waals surface area contributed by atoms with E-state index in [1.807, 2.05) is 0 Å². The first-order valence-electron chi connectivity index (χ1n) is 8.51. The molecule has 25 heavy (non-hydrogen) atoms. The first-order valence-corrected chi connectivity index (χ1v) is 9.39. The number of hydrogen-bond donors (Lipinski definition) is 1. The highest BCUT2D eigenvalue weighted by atomic mass is 32.1. The molecule has 3 rings (SSSR count). The van der Waals surface area contributed by atoms with Gasteiger partial charge in [-0.05, 0) is 49.5 Å². The standard InChI is InChI=1S/C19H24N2O3S/c1-23-16-8-5-7-14(18(16)24-2)19(22)20-13-15(17-9-6-12-25-17)21-10-3-4-11-21/h5-9,12,15H,3-4,10-11,13H2,1-2H3,(H,20,22). The van der Waals surface area contributed by atoms with Crippen LogP contribution in [-0.4, -0.2) is 44.7 Å². The highest BCUT2D eigenvalue weighted by Crippen LogP contribution is 2.31. The Kier molecular flexibility index (Phi) is 5.94. The van der Waals surface area contributed by atoms with E-state index < -0.39 is 0 Å². The Morgan fingerprint density at radius 2 is 2.00 bits per heavy atom. The second-order valence-electron chi connectivity index (χ2n) is 6.03. The smallest absolute Gasteiger partial charge is 0.255 e. The van der Waals surface area contributed by atoms with Crippen LogP contribution in [0.3, 0.4) is 0 Å². The Hall–Kier alpha value is -2.05. The van der Waals surface area contributed by atoms with Crippen molar-refractivity contribution in [1.82, 2.24) is 10.2 Å². The van der Waals surface area contributed by atoms with Crippen LogP contribution in [0.2, 0.25) is 0 Å². The number of ether oxygens (including phenoxy) is 2. The Morgan fingerprint density at radius 1 is 1.20 bits per heavy atom. The zero-order chi connectivity index (χ0) is 17.6. The fraction of sp³-hybridized carbons (Fsp3) is 0.421. The number of benzene rings is 1. The molecule has 1 aromatic heterocycles. The predicted octanol–water partition coefficient (Wildman–Crippen LogP) is 3.33. The molecule has 1 aliphatic heterocycles. The van der Waals surface area contributed by atoms with Gasteiger partial charge < -0.3 is 14.8 Å². The van der Waals surface area contributed by atoms with E-state index in [-0.39, 0.29) is 11.9 Å². The normalized spacial score (nSPS) is 15.8. The number of para-hydroxylation sites is 1. The van der Waals surface area contributed by atoms with E-state index in [1.54, 1.807) is 43.8 Å². The summed E-state index contributed by atoms with van der Waals surface area (Å²) < 4.78 is 10.7. The molecule has 6 heteroatoms. The van der Waals surface area contributed by atoms with Gasteiger partial charge in [0.25, 0.3) is 5.91 Å². The number of methoxy groups -OCH3 is 2. The average molecular weight is 360 g/mol. The SMILES string of the molecule is COc1cccc(C(=O)NCC(c2cccs2)N2CCCC2)c1OC. The number of nitrogens with zero attached hydrogens (tertiary/aromatic N) is 1. The van der Waals surface area contributed by atoms with Gasteiger partial charge in [0.15, 0.2) is 11.5 Å². The van der Waals surface area contributed by atoms with Gasteiger partial charge >= 0.3 is 0 Å². The third-order valence-electron chi connectivity index (χ3n) is 4.56. The maximum absolute atomic E-state index is 12.7. The van der Waals surface area contributed by atoms with Gasteiger partial charge in [-0.15, -0.1) is 11.3 Å². The molecule has 1 amide bonds. The lowest BCUT2D eigenvalue weighted by Gasteiger charge is -2.27. The molecule has 1 fully saturated rings. The van der Waals surface area contributed by atoms with Crippen LogP contribution in [-0.2, 0) is 0 Å². The Labute approximate surface area is 152 Å². The van der Waals surface area contributed by atoms with Gasteiger partial charge in [-0.3, -0.25) is 9.69 Å². The predicted molar refractivity (Wildman–Crippen MR) is 99.7 cm³/mol. The Balaban J connectivity index is 1.74. The van der Waals surface area contributed by atoms with Crippen LogP contribution in [0.15, 0.2) is 35.7 Å². The van der Waals surface area contributed by atoms with Gasteiger partial charge in [0.1, 0.15) is 0 Å². The van der Waals surface area contributed by atoms with Crippen molar-refractivity contribution < 1.29 is 14.3 Å². The van der Waals surface area contributed by atoms with Crippen LogP contribution in [0, 0.1) is 0 Å². The molecule has 0 radical (unpaired) electrons. The molecular weight excluding hydrogens is 336 g/mol. The van der Waals surface area contributed by atoms with Gasteiger partial charge in [0.2, 0.25) is 0 Å². The highest BCUT2D eigenvalue weighted by molar-refractivity contribution is 7.10. The number of hydrogen-bond acceptors (Lipinski definition) is 5. The number of amides is 1. The van der Waals surface area contributed by atoms with E-state index in [0.717, 1.165) is 13.1 Å². The summed E-state index contributed by atoms with van der Waals surface area (Å²) in [5, 5.41) is 5.17. The van der Waals surface area contributed by atoms with Crippen molar-refractivity contribution in [1.29, 1.82) is 0 Å². The summed E-state index contributed by atoms with van der Waals surface area (Å²) in [5.74, 6) is 0.886. The summed E-state index contributed by atoms with van der Waals surface area (Å²) in [6.07, 6.45) is 2.44. The van der Waals surface area contributed by atoms with E-state index in [9.17, 15) is 4.79 Å². The van der Waals surface area contributed by atoms with Crippen LogP contribution >= 0.6 is 11.3 Å². The first-order chi connectivity index (χ1) is 12.2. The second-order valence-corrected chi connectivity index (χ2v) is 7.00. The number of rotatable bonds is 7. The molecular formula is C19H24N2O3S. The van der Waals surface area contributed by atoms with E-state index in [0.29, 0.717) is 23.6 Å². The van der Waals surface area contributed by atoms with E-state index in [1.165, 1.54) is 17.7 Å². The molecule has 1 unspecified atom stereocenters. The van der Waals surface area contributed by atoms with Gasteiger partial charge in [0, 0.05) is 11.4 Å². The summed E-state index contributed by atoms with van der Waals surface area (Å²) in [7, 11) is 3.12. The molecule has 2 heterocycles. The van der Waals surface area contributed by atoms with Crippen LogP contribution in [0.25, 0.3) is 0 Å². The third-order valence-corrected chi connectivity index (χ3v) is 5.53. The summed E-state index contributed by atoms with van der Waals surface area (Å²) in [6, 6.07) is 9.78. The van der Waals surface area contributed by atoms with Crippen molar-refractivity contribution in [3.05, 3.63) is 46.2 Å². The molecule has 5 nitrogen and oxygen atoms in total. The van der Waals surface area contributed by atoms with Gasteiger partial charge in [-0.2, -0.15) is 0 Å². The van der Waals surface area contributed by atoms with Gasteiger partial charge in [-0.1, -0.05) is 12.1 Å². The molecule has 1 atom stereocenters. The molecule has 0 aliphatic carbocycles. The Morgan fingerprint density at radius 3 is 2.64 bits per heavy atom. The van der Waals surface area contributed by atoms with E-state index in [4.69, 9.17) is 9.47 Å². The van der Waals surface area contributed by atoms with Crippen molar-refractivity contribution >= 4 is 17.2 Å². The summed E-state index contributed by atoms with van der Waals surface area (Å²) in [5.41, 5.74) is 0.494. The summed E-state index contributed by atoms with van der Waals surface area (Å²) in [6.45, 7) is 2.75. The number of carbonyl (C=O) groups excluding carboxylic acids is 1. The third kappa shape index (κ3) is 3.96. The van der Waals surface area contributed by atoms with E-state index >= 15 is 0 Å². The fourth-order valence-electron chi connectivity index (χ4n) is 3.29.